The lowest BCUT2D eigenvalue weighted by atomic mass is 10.5. The maximum Gasteiger partial charge on any atom is 0.224 e. The summed E-state index contributed by atoms with van der Waals surface area (Å²) in [6, 6.07) is 0. The van der Waals surface area contributed by atoms with Gasteiger partial charge in [0, 0.05) is 25.6 Å². The Kier molecular flexibility index (Phi) is 3.40. The number of rotatable bonds is 3. The Morgan fingerprint density at radius 1 is 1.50 bits per heavy atom. The van der Waals surface area contributed by atoms with Gasteiger partial charge in [0.15, 0.2) is 0 Å². The fourth-order valence-electron chi connectivity index (χ4n) is 1.20. The SMILES string of the molecule is Cn1ccnc1CNc1nc(Cl)ncc1Br. The third-order valence-electron chi connectivity index (χ3n) is 2.05. The number of hydrogen-bond donors (Lipinski definition) is 1. The summed E-state index contributed by atoms with van der Waals surface area (Å²) in [5, 5.41) is 3.34. The molecule has 0 aliphatic carbocycles. The number of anilines is 1. The van der Waals surface area contributed by atoms with E-state index in [0.717, 1.165) is 10.3 Å². The molecular weight excluding hydrogens is 293 g/mol. The molecule has 0 saturated carbocycles. The molecule has 2 rings (SSSR count). The van der Waals surface area contributed by atoms with Crippen molar-refractivity contribution in [3.63, 3.8) is 0 Å². The Hall–Kier alpha value is -1.14. The Bertz CT molecular complexity index is 498. The van der Waals surface area contributed by atoms with Crippen molar-refractivity contribution >= 4 is 33.3 Å². The molecule has 0 aliphatic rings. The largest absolute Gasteiger partial charge is 0.362 e. The molecule has 84 valence electrons. The maximum atomic E-state index is 5.70. The summed E-state index contributed by atoms with van der Waals surface area (Å²) in [5.41, 5.74) is 0. The Morgan fingerprint density at radius 2 is 2.31 bits per heavy atom. The molecule has 0 aromatic carbocycles. The summed E-state index contributed by atoms with van der Waals surface area (Å²) in [6.07, 6.45) is 5.24. The van der Waals surface area contributed by atoms with Crippen LogP contribution in [0, 0.1) is 0 Å². The van der Waals surface area contributed by atoms with E-state index in [2.05, 4.69) is 36.2 Å². The first-order valence-corrected chi connectivity index (χ1v) is 5.72. The molecule has 5 nitrogen and oxygen atoms in total. The van der Waals surface area contributed by atoms with Gasteiger partial charge in [-0.1, -0.05) is 0 Å². The first-order valence-electron chi connectivity index (χ1n) is 4.55. The van der Waals surface area contributed by atoms with Crippen LogP contribution in [-0.2, 0) is 13.6 Å². The number of nitrogens with one attached hydrogen (secondary N) is 1. The van der Waals surface area contributed by atoms with Gasteiger partial charge < -0.3 is 9.88 Å². The first-order chi connectivity index (χ1) is 7.66. The number of nitrogens with zero attached hydrogens (tertiary/aromatic N) is 4. The molecule has 0 fully saturated rings. The monoisotopic (exact) mass is 301 g/mol. The predicted molar refractivity (Wildman–Crippen MR) is 65.3 cm³/mol. The van der Waals surface area contributed by atoms with Gasteiger partial charge in [-0.2, -0.15) is 4.98 Å². The second-order valence-corrected chi connectivity index (χ2v) is 4.34. The summed E-state index contributed by atoms with van der Waals surface area (Å²) in [7, 11) is 1.94. The van der Waals surface area contributed by atoms with Crippen molar-refractivity contribution in [2.75, 3.05) is 5.32 Å². The fourth-order valence-corrected chi connectivity index (χ4v) is 1.66. The number of imidazole rings is 1. The normalized spacial score (nSPS) is 10.4. The topological polar surface area (TPSA) is 55.6 Å². The van der Waals surface area contributed by atoms with Crippen LogP contribution in [0.25, 0.3) is 0 Å². The van der Waals surface area contributed by atoms with Crippen LogP contribution in [-0.4, -0.2) is 19.5 Å². The molecule has 0 bridgehead atoms. The minimum absolute atomic E-state index is 0.213. The highest BCUT2D eigenvalue weighted by atomic mass is 79.9. The van der Waals surface area contributed by atoms with E-state index in [0.29, 0.717) is 12.4 Å². The van der Waals surface area contributed by atoms with E-state index in [1.165, 1.54) is 0 Å². The van der Waals surface area contributed by atoms with Crippen molar-refractivity contribution < 1.29 is 0 Å². The van der Waals surface area contributed by atoms with Gasteiger partial charge >= 0.3 is 0 Å². The van der Waals surface area contributed by atoms with E-state index in [-0.39, 0.29) is 5.28 Å². The van der Waals surface area contributed by atoms with E-state index in [1.807, 2.05) is 17.8 Å². The molecule has 0 aliphatic heterocycles. The van der Waals surface area contributed by atoms with E-state index in [4.69, 9.17) is 11.6 Å². The lowest BCUT2D eigenvalue weighted by Gasteiger charge is -2.07. The van der Waals surface area contributed by atoms with Gasteiger partial charge in [-0.3, -0.25) is 0 Å². The van der Waals surface area contributed by atoms with Crippen molar-refractivity contribution in [3.05, 3.63) is 34.2 Å². The molecule has 2 aromatic heterocycles. The zero-order valence-electron chi connectivity index (χ0n) is 8.48. The molecule has 2 aromatic rings. The predicted octanol–water partition coefficient (Wildman–Crippen LogP) is 2.24. The highest BCUT2D eigenvalue weighted by Gasteiger charge is 2.05. The van der Waals surface area contributed by atoms with Crippen LogP contribution in [0.2, 0.25) is 5.28 Å². The molecule has 0 atom stereocenters. The molecule has 0 spiro atoms. The van der Waals surface area contributed by atoms with Gasteiger partial charge in [-0.05, 0) is 27.5 Å². The molecule has 0 unspecified atom stereocenters. The molecular formula is C9H9BrClN5. The van der Waals surface area contributed by atoms with Crippen molar-refractivity contribution in [1.82, 2.24) is 19.5 Å². The van der Waals surface area contributed by atoms with Crippen LogP contribution in [0.1, 0.15) is 5.82 Å². The quantitative estimate of drug-likeness (QED) is 0.884. The number of halogens is 2. The minimum Gasteiger partial charge on any atom is -0.362 e. The second-order valence-electron chi connectivity index (χ2n) is 3.14. The van der Waals surface area contributed by atoms with Gasteiger partial charge in [0.1, 0.15) is 11.6 Å². The first kappa shape index (κ1) is 11.3. The standard InChI is InChI=1S/C9H9BrClN5/c1-16-3-2-12-7(16)5-13-8-6(10)4-14-9(11)15-8/h2-4H,5H2,1H3,(H,13,14,15). The zero-order chi connectivity index (χ0) is 11.5. The Balaban J connectivity index is 2.10. The molecule has 0 saturated heterocycles. The average molecular weight is 303 g/mol. The van der Waals surface area contributed by atoms with E-state index in [1.54, 1.807) is 12.4 Å². The number of hydrogen-bond acceptors (Lipinski definition) is 4. The molecule has 0 radical (unpaired) electrons. The third kappa shape index (κ3) is 2.51. The fraction of sp³-hybridized carbons (Fsp3) is 0.222. The van der Waals surface area contributed by atoms with E-state index >= 15 is 0 Å². The van der Waals surface area contributed by atoms with Crippen molar-refractivity contribution in [1.29, 1.82) is 0 Å². The summed E-state index contributed by atoms with van der Waals surface area (Å²) >= 11 is 9.04. The van der Waals surface area contributed by atoms with Crippen LogP contribution in [0.4, 0.5) is 5.82 Å². The van der Waals surface area contributed by atoms with Gasteiger partial charge in [-0.15, -0.1) is 0 Å². The molecule has 0 amide bonds. The van der Waals surface area contributed by atoms with E-state index < -0.39 is 0 Å². The van der Waals surface area contributed by atoms with Crippen LogP contribution < -0.4 is 5.32 Å². The van der Waals surface area contributed by atoms with Crippen molar-refractivity contribution in [3.8, 4) is 0 Å². The lowest BCUT2D eigenvalue weighted by molar-refractivity contribution is 0.810. The Morgan fingerprint density at radius 3 is 3.00 bits per heavy atom. The highest BCUT2D eigenvalue weighted by molar-refractivity contribution is 9.10. The van der Waals surface area contributed by atoms with Crippen molar-refractivity contribution in [2.45, 2.75) is 6.54 Å². The molecule has 1 N–H and O–H groups in total. The van der Waals surface area contributed by atoms with Crippen LogP contribution >= 0.6 is 27.5 Å². The summed E-state index contributed by atoms with van der Waals surface area (Å²) in [5.74, 6) is 1.57. The zero-order valence-corrected chi connectivity index (χ0v) is 10.8. The smallest absolute Gasteiger partial charge is 0.224 e. The van der Waals surface area contributed by atoms with Crippen LogP contribution in [0.5, 0.6) is 0 Å². The average Bonchev–Trinajstić information content (AvgIpc) is 2.66. The Labute approximate surface area is 106 Å². The molecule has 2 heterocycles. The number of aromatic nitrogens is 4. The van der Waals surface area contributed by atoms with E-state index in [9.17, 15) is 0 Å². The van der Waals surface area contributed by atoms with Crippen LogP contribution in [0.3, 0.4) is 0 Å². The van der Waals surface area contributed by atoms with Crippen molar-refractivity contribution in [2.24, 2.45) is 7.05 Å². The minimum atomic E-state index is 0.213. The molecule has 7 heteroatoms. The summed E-state index contributed by atoms with van der Waals surface area (Å²) < 4.78 is 2.70. The number of aryl methyl sites for hydroxylation is 1. The summed E-state index contributed by atoms with van der Waals surface area (Å²) in [6.45, 7) is 0.579. The van der Waals surface area contributed by atoms with Gasteiger partial charge in [0.25, 0.3) is 0 Å². The summed E-state index contributed by atoms with van der Waals surface area (Å²) in [4.78, 5) is 12.1. The van der Waals surface area contributed by atoms with Gasteiger partial charge in [-0.25, -0.2) is 9.97 Å². The highest BCUT2D eigenvalue weighted by Crippen LogP contribution is 2.20. The maximum absolute atomic E-state index is 5.70. The second kappa shape index (κ2) is 4.80. The third-order valence-corrected chi connectivity index (χ3v) is 2.81. The van der Waals surface area contributed by atoms with Gasteiger partial charge in [0.2, 0.25) is 5.28 Å². The van der Waals surface area contributed by atoms with Crippen LogP contribution in [0.15, 0.2) is 23.1 Å². The molecule has 16 heavy (non-hydrogen) atoms. The van der Waals surface area contributed by atoms with Gasteiger partial charge in [0.05, 0.1) is 11.0 Å². The lowest BCUT2D eigenvalue weighted by Crippen LogP contribution is -2.07.